The second-order valence-corrected chi connectivity index (χ2v) is 6.68. The van der Waals surface area contributed by atoms with Gasteiger partial charge in [0.05, 0.1) is 11.1 Å². The van der Waals surface area contributed by atoms with Gasteiger partial charge in [-0.25, -0.2) is 8.78 Å². The number of carbonyl (C=O) groups excluding carboxylic acids is 2. The van der Waals surface area contributed by atoms with Crippen molar-refractivity contribution in [2.75, 3.05) is 6.61 Å². The van der Waals surface area contributed by atoms with Crippen LogP contribution in [0, 0.1) is 11.6 Å². The fourth-order valence-corrected chi connectivity index (χ4v) is 2.97. The van der Waals surface area contributed by atoms with E-state index in [1.165, 1.54) is 18.6 Å². The molecule has 0 aliphatic carbocycles. The van der Waals surface area contributed by atoms with Crippen molar-refractivity contribution in [2.45, 2.75) is 45.4 Å². The van der Waals surface area contributed by atoms with E-state index in [1.807, 2.05) is 0 Å². The number of carbonyl (C=O) groups is 2. The van der Waals surface area contributed by atoms with E-state index in [9.17, 15) is 18.4 Å². The van der Waals surface area contributed by atoms with Crippen molar-refractivity contribution < 1.29 is 23.1 Å². The predicted octanol–water partition coefficient (Wildman–Crippen LogP) is 4.57. The predicted molar refractivity (Wildman–Crippen MR) is 103 cm³/mol. The first-order chi connectivity index (χ1) is 13.4. The van der Waals surface area contributed by atoms with Gasteiger partial charge in [-0.05, 0) is 42.7 Å². The zero-order valence-electron chi connectivity index (χ0n) is 16.0. The molecule has 6 heteroatoms. The summed E-state index contributed by atoms with van der Waals surface area (Å²) in [4.78, 5) is 23.9. The summed E-state index contributed by atoms with van der Waals surface area (Å²) in [6.45, 7) is 1.71. The van der Waals surface area contributed by atoms with E-state index in [1.54, 1.807) is 12.1 Å². The van der Waals surface area contributed by atoms with Gasteiger partial charge in [-0.1, -0.05) is 44.7 Å². The number of unbranched alkanes of at least 4 members (excludes halogenated alkanes) is 4. The molecule has 150 valence electrons. The van der Waals surface area contributed by atoms with Crippen LogP contribution in [0.1, 0.15) is 60.5 Å². The third kappa shape index (κ3) is 5.87. The molecule has 0 fully saturated rings. The summed E-state index contributed by atoms with van der Waals surface area (Å²) in [7, 11) is 0. The SMILES string of the molecule is CCCCCCCc1ccc(OCC(N)=O)c(C(=O)c2c(F)cccc2F)c1. The van der Waals surface area contributed by atoms with Crippen molar-refractivity contribution in [2.24, 2.45) is 5.73 Å². The van der Waals surface area contributed by atoms with Gasteiger partial charge in [-0.15, -0.1) is 0 Å². The Bertz CT molecular complexity index is 816. The Labute approximate surface area is 163 Å². The Morgan fingerprint density at radius 2 is 1.68 bits per heavy atom. The summed E-state index contributed by atoms with van der Waals surface area (Å²) in [6, 6.07) is 8.14. The molecule has 4 nitrogen and oxygen atoms in total. The summed E-state index contributed by atoms with van der Waals surface area (Å²) in [5.74, 6) is -3.37. The Morgan fingerprint density at radius 1 is 1.00 bits per heavy atom. The number of nitrogens with two attached hydrogens (primary N) is 1. The molecule has 0 aliphatic rings. The highest BCUT2D eigenvalue weighted by atomic mass is 19.1. The summed E-state index contributed by atoms with van der Waals surface area (Å²) >= 11 is 0. The third-order valence-corrected chi connectivity index (χ3v) is 4.42. The average Bonchev–Trinajstić information content (AvgIpc) is 2.66. The van der Waals surface area contributed by atoms with E-state index >= 15 is 0 Å². The number of primary amides is 1. The zero-order chi connectivity index (χ0) is 20.5. The molecule has 2 N–H and O–H groups in total. The van der Waals surface area contributed by atoms with E-state index < -0.39 is 35.5 Å². The number of halogens is 2. The molecule has 28 heavy (non-hydrogen) atoms. The molecule has 0 unspecified atom stereocenters. The van der Waals surface area contributed by atoms with Gasteiger partial charge in [0.2, 0.25) is 5.78 Å². The van der Waals surface area contributed by atoms with E-state index in [2.05, 4.69) is 6.92 Å². The number of hydrogen-bond acceptors (Lipinski definition) is 3. The molecular weight excluding hydrogens is 364 g/mol. The molecule has 2 rings (SSSR count). The molecule has 0 aromatic heterocycles. The van der Waals surface area contributed by atoms with Crippen LogP contribution in [0.15, 0.2) is 36.4 Å². The zero-order valence-corrected chi connectivity index (χ0v) is 16.0. The van der Waals surface area contributed by atoms with Crippen LogP contribution in [0.4, 0.5) is 8.78 Å². The maximum Gasteiger partial charge on any atom is 0.255 e. The first-order valence-corrected chi connectivity index (χ1v) is 9.46. The lowest BCUT2D eigenvalue weighted by Gasteiger charge is -2.13. The van der Waals surface area contributed by atoms with Crippen LogP contribution >= 0.6 is 0 Å². The molecule has 0 aliphatic heterocycles. The summed E-state index contributed by atoms with van der Waals surface area (Å²) in [5.41, 5.74) is 5.32. The maximum absolute atomic E-state index is 14.1. The van der Waals surface area contributed by atoms with Gasteiger partial charge in [-0.2, -0.15) is 0 Å². The van der Waals surface area contributed by atoms with Crippen LogP contribution in [0.3, 0.4) is 0 Å². The number of ether oxygens (including phenoxy) is 1. The summed E-state index contributed by atoms with van der Waals surface area (Å²) < 4.78 is 33.4. The molecular formula is C22H25F2NO3. The first-order valence-electron chi connectivity index (χ1n) is 9.46. The number of benzene rings is 2. The largest absolute Gasteiger partial charge is 0.483 e. The standard InChI is InChI=1S/C22H25F2NO3/c1-2-3-4-5-6-8-15-11-12-19(28-14-20(25)26)16(13-15)22(27)21-17(23)9-7-10-18(21)24/h7,9-13H,2-6,8,14H2,1H3,(H2,25,26). The van der Waals surface area contributed by atoms with Gasteiger partial charge in [-0.3, -0.25) is 9.59 Å². The second-order valence-electron chi connectivity index (χ2n) is 6.68. The highest BCUT2D eigenvalue weighted by Gasteiger charge is 2.22. The highest BCUT2D eigenvalue weighted by molar-refractivity contribution is 6.11. The second kappa shape index (κ2) is 10.5. The molecule has 0 heterocycles. The van der Waals surface area contributed by atoms with Crippen LogP contribution in [-0.2, 0) is 11.2 Å². The highest BCUT2D eigenvalue weighted by Crippen LogP contribution is 2.26. The number of ketones is 1. The third-order valence-electron chi connectivity index (χ3n) is 4.42. The Morgan fingerprint density at radius 3 is 2.32 bits per heavy atom. The van der Waals surface area contributed by atoms with Crippen molar-refractivity contribution in [1.29, 1.82) is 0 Å². The smallest absolute Gasteiger partial charge is 0.255 e. The minimum atomic E-state index is -0.948. The minimum absolute atomic E-state index is 0.0105. The fraction of sp³-hybridized carbons (Fsp3) is 0.364. The van der Waals surface area contributed by atoms with Crippen LogP contribution in [-0.4, -0.2) is 18.3 Å². The van der Waals surface area contributed by atoms with E-state index in [0.29, 0.717) is 0 Å². The molecule has 0 saturated heterocycles. The number of amides is 1. The lowest BCUT2D eigenvalue weighted by Crippen LogP contribution is -2.21. The quantitative estimate of drug-likeness (QED) is 0.452. The monoisotopic (exact) mass is 389 g/mol. The molecule has 0 bridgehead atoms. The molecule has 0 radical (unpaired) electrons. The van der Waals surface area contributed by atoms with Crippen LogP contribution in [0.25, 0.3) is 0 Å². The Kier molecular flexibility index (Phi) is 8.11. The number of aryl methyl sites for hydroxylation is 1. The topological polar surface area (TPSA) is 69.4 Å². The van der Waals surface area contributed by atoms with E-state index in [0.717, 1.165) is 49.8 Å². The molecule has 1 amide bonds. The molecule has 0 atom stereocenters. The van der Waals surface area contributed by atoms with Crippen molar-refractivity contribution in [3.8, 4) is 5.75 Å². The Hall–Kier alpha value is -2.76. The number of rotatable bonds is 11. The van der Waals surface area contributed by atoms with Gasteiger partial charge in [0.25, 0.3) is 5.91 Å². The van der Waals surface area contributed by atoms with E-state index in [4.69, 9.17) is 10.5 Å². The first kappa shape index (κ1) is 21.5. The van der Waals surface area contributed by atoms with Crippen LogP contribution < -0.4 is 10.5 Å². The van der Waals surface area contributed by atoms with Gasteiger partial charge >= 0.3 is 0 Å². The molecule has 0 saturated carbocycles. The molecule has 2 aromatic rings. The fourth-order valence-electron chi connectivity index (χ4n) is 2.97. The lowest BCUT2D eigenvalue weighted by atomic mass is 9.97. The summed E-state index contributed by atoms with van der Waals surface area (Å²) in [5, 5.41) is 0. The maximum atomic E-state index is 14.1. The lowest BCUT2D eigenvalue weighted by molar-refractivity contribution is -0.119. The van der Waals surface area contributed by atoms with E-state index in [-0.39, 0.29) is 11.3 Å². The van der Waals surface area contributed by atoms with Crippen LogP contribution in [0.5, 0.6) is 5.75 Å². The van der Waals surface area contributed by atoms with Gasteiger partial charge in [0, 0.05) is 0 Å². The summed E-state index contributed by atoms with van der Waals surface area (Å²) in [6.07, 6.45) is 6.22. The van der Waals surface area contributed by atoms with Gasteiger partial charge in [0.15, 0.2) is 6.61 Å². The minimum Gasteiger partial charge on any atom is -0.483 e. The van der Waals surface area contributed by atoms with Crippen molar-refractivity contribution >= 4 is 11.7 Å². The average molecular weight is 389 g/mol. The molecule has 2 aromatic carbocycles. The van der Waals surface area contributed by atoms with Gasteiger partial charge in [0.1, 0.15) is 17.4 Å². The molecule has 0 spiro atoms. The number of hydrogen-bond donors (Lipinski definition) is 1. The normalized spacial score (nSPS) is 10.7. The Balaban J connectivity index is 2.30. The van der Waals surface area contributed by atoms with Crippen molar-refractivity contribution in [1.82, 2.24) is 0 Å². The van der Waals surface area contributed by atoms with Crippen LogP contribution in [0.2, 0.25) is 0 Å². The van der Waals surface area contributed by atoms with Gasteiger partial charge < -0.3 is 10.5 Å². The van der Waals surface area contributed by atoms with Crippen molar-refractivity contribution in [3.63, 3.8) is 0 Å². The van der Waals surface area contributed by atoms with Crippen molar-refractivity contribution in [3.05, 3.63) is 64.7 Å².